The Hall–Kier alpha value is -3.20. The highest BCUT2D eigenvalue weighted by Gasteiger charge is 2.10. The van der Waals surface area contributed by atoms with Crippen molar-refractivity contribution in [1.29, 1.82) is 0 Å². The lowest BCUT2D eigenvalue weighted by Gasteiger charge is -2.06. The molecule has 0 bridgehead atoms. The highest BCUT2D eigenvalue weighted by molar-refractivity contribution is 7.98. The van der Waals surface area contributed by atoms with Gasteiger partial charge in [-0.3, -0.25) is 9.20 Å². The second kappa shape index (κ2) is 7.58. The van der Waals surface area contributed by atoms with Gasteiger partial charge in [0.15, 0.2) is 0 Å². The van der Waals surface area contributed by atoms with Gasteiger partial charge in [-0.1, -0.05) is 30.0 Å². The highest BCUT2D eigenvalue weighted by Crippen LogP contribution is 2.20. The van der Waals surface area contributed by atoms with Gasteiger partial charge in [-0.15, -0.1) is 5.10 Å². The van der Waals surface area contributed by atoms with Gasteiger partial charge >= 0.3 is 0 Å². The molecule has 1 aromatic carbocycles. The molecule has 0 fully saturated rings. The first-order valence-corrected chi connectivity index (χ1v) is 9.21. The largest absolute Gasteiger partial charge is 0.497 e. The summed E-state index contributed by atoms with van der Waals surface area (Å²) in [5.74, 6) is 1.31. The van der Waals surface area contributed by atoms with Gasteiger partial charge in [0.25, 0.3) is 5.56 Å². The van der Waals surface area contributed by atoms with Crippen LogP contribution in [0.5, 0.6) is 5.75 Å². The van der Waals surface area contributed by atoms with Crippen LogP contribution in [0.15, 0.2) is 64.7 Å². The van der Waals surface area contributed by atoms with Gasteiger partial charge in [0, 0.05) is 18.0 Å². The maximum Gasteiger partial charge on any atom is 0.258 e. The third-order valence-electron chi connectivity index (χ3n) is 3.96. The van der Waals surface area contributed by atoms with Gasteiger partial charge in [0.05, 0.1) is 19.3 Å². The number of nitrogens with zero attached hydrogens (tertiary/aromatic N) is 6. The predicted molar refractivity (Wildman–Crippen MR) is 101 cm³/mol. The van der Waals surface area contributed by atoms with Gasteiger partial charge in [0.2, 0.25) is 5.16 Å². The fraction of sp³-hybridized carbons (Fsp3) is 0.167. The lowest BCUT2D eigenvalue weighted by atomic mass is 10.2. The zero-order valence-corrected chi connectivity index (χ0v) is 15.3. The van der Waals surface area contributed by atoms with Crippen molar-refractivity contribution >= 4 is 17.4 Å². The third-order valence-corrected chi connectivity index (χ3v) is 4.95. The Morgan fingerprint density at radius 3 is 2.81 bits per heavy atom. The van der Waals surface area contributed by atoms with E-state index >= 15 is 0 Å². The van der Waals surface area contributed by atoms with E-state index < -0.39 is 0 Å². The first-order valence-electron chi connectivity index (χ1n) is 8.22. The number of benzene rings is 1. The number of hydrogen-bond donors (Lipinski definition) is 0. The normalized spacial score (nSPS) is 11.0. The molecular formula is C18H16N6O2S. The second-order valence-corrected chi connectivity index (χ2v) is 6.71. The minimum absolute atomic E-state index is 0.103. The van der Waals surface area contributed by atoms with Gasteiger partial charge in [0.1, 0.15) is 11.4 Å². The fourth-order valence-corrected chi connectivity index (χ4v) is 3.39. The highest BCUT2D eigenvalue weighted by atomic mass is 32.2. The van der Waals surface area contributed by atoms with E-state index in [1.807, 2.05) is 36.4 Å². The molecule has 0 aliphatic carbocycles. The minimum atomic E-state index is -0.103. The van der Waals surface area contributed by atoms with E-state index in [4.69, 9.17) is 4.74 Å². The predicted octanol–water partition coefficient (Wildman–Crippen LogP) is 2.03. The minimum Gasteiger partial charge on any atom is -0.497 e. The summed E-state index contributed by atoms with van der Waals surface area (Å²) in [5.41, 5.74) is 2.27. The third kappa shape index (κ3) is 3.82. The van der Waals surface area contributed by atoms with Crippen molar-refractivity contribution in [2.24, 2.45) is 0 Å². The average Bonchev–Trinajstić information content (AvgIpc) is 3.14. The van der Waals surface area contributed by atoms with E-state index in [1.165, 1.54) is 22.2 Å². The van der Waals surface area contributed by atoms with Crippen molar-refractivity contribution < 1.29 is 4.74 Å². The lowest BCUT2D eigenvalue weighted by Crippen LogP contribution is -2.14. The molecule has 0 saturated heterocycles. The Balaban J connectivity index is 1.49. The van der Waals surface area contributed by atoms with E-state index in [0.717, 1.165) is 11.3 Å². The number of fused-ring (bicyclic) bond motifs is 1. The molecule has 0 N–H and O–H groups in total. The standard InChI is InChI=1S/C18H16N6O2S/c1-26-15-7-5-13(6-8-15)11-24-18(20-21-22-24)27-12-14-10-17(25)23-9-3-2-4-16(23)19-14/h2-10H,11-12H2,1H3. The first-order chi connectivity index (χ1) is 13.2. The zero-order valence-electron chi connectivity index (χ0n) is 14.5. The van der Waals surface area contributed by atoms with Crippen LogP contribution in [0.3, 0.4) is 0 Å². The number of rotatable bonds is 6. The Morgan fingerprint density at radius 2 is 2.00 bits per heavy atom. The molecule has 0 radical (unpaired) electrons. The number of aromatic nitrogens is 6. The summed E-state index contributed by atoms with van der Waals surface area (Å²) >= 11 is 1.44. The van der Waals surface area contributed by atoms with E-state index in [2.05, 4.69) is 20.5 Å². The summed E-state index contributed by atoms with van der Waals surface area (Å²) in [6.45, 7) is 0.549. The Morgan fingerprint density at radius 1 is 1.15 bits per heavy atom. The van der Waals surface area contributed by atoms with Crippen molar-refractivity contribution in [2.45, 2.75) is 17.5 Å². The summed E-state index contributed by atoms with van der Waals surface area (Å²) in [7, 11) is 1.64. The van der Waals surface area contributed by atoms with Crippen molar-refractivity contribution in [3.63, 3.8) is 0 Å². The van der Waals surface area contributed by atoms with Crippen LogP contribution in [0.4, 0.5) is 0 Å². The monoisotopic (exact) mass is 380 g/mol. The molecule has 8 nitrogen and oxygen atoms in total. The van der Waals surface area contributed by atoms with Gasteiger partial charge in [-0.05, 0) is 40.3 Å². The summed E-state index contributed by atoms with van der Waals surface area (Å²) in [6.07, 6.45) is 1.71. The zero-order chi connectivity index (χ0) is 18.6. The molecule has 4 aromatic rings. The fourth-order valence-electron chi connectivity index (χ4n) is 2.62. The molecule has 9 heteroatoms. The number of thioether (sulfide) groups is 1. The molecular weight excluding hydrogens is 364 g/mol. The van der Waals surface area contributed by atoms with Crippen LogP contribution in [0, 0.1) is 0 Å². The van der Waals surface area contributed by atoms with Crippen LogP contribution in [0.25, 0.3) is 5.65 Å². The molecule has 4 rings (SSSR count). The molecule has 3 heterocycles. The smallest absolute Gasteiger partial charge is 0.258 e. The lowest BCUT2D eigenvalue weighted by molar-refractivity contribution is 0.414. The van der Waals surface area contributed by atoms with Crippen molar-refractivity contribution in [3.8, 4) is 5.75 Å². The number of pyridine rings is 1. The average molecular weight is 380 g/mol. The molecule has 0 aliphatic rings. The number of hydrogen-bond acceptors (Lipinski definition) is 7. The van der Waals surface area contributed by atoms with Gasteiger partial charge < -0.3 is 4.74 Å². The van der Waals surface area contributed by atoms with E-state index in [0.29, 0.717) is 28.8 Å². The quantitative estimate of drug-likeness (QED) is 0.473. The molecule has 136 valence electrons. The van der Waals surface area contributed by atoms with Gasteiger partial charge in [-0.2, -0.15) is 0 Å². The van der Waals surface area contributed by atoms with E-state index in [1.54, 1.807) is 24.1 Å². The Kier molecular flexibility index (Phi) is 4.84. The molecule has 27 heavy (non-hydrogen) atoms. The van der Waals surface area contributed by atoms with Crippen LogP contribution >= 0.6 is 11.8 Å². The molecule has 0 saturated carbocycles. The summed E-state index contributed by atoms with van der Waals surface area (Å²) in [5, 5.41) is 12.6. The second-order valence-electron chi connectivity index (χ2n) is 5.77. The van der Waals surface area contributed by atoms with Crippen LogP contribution < -0.4 is 10.3 Å². The Bertz CT molecular complexity index is 1120. The maximum absolute atomic E-state index is 12.2. The molecule has 0 spiro atoms. The Labute approximate surface area is 158 Å². The van der Waals surface area contributed by atoms with Crippen molar-refractivity contribution in [1.82, 2.24) is 29.6 Å². The molecule has 0 atom stereocenters. The number of tetrazole rings is 1. The van der Waals surface area contributed by atoms with Crippen LogP contribution in [0.2, 0.25) is 0 Å². The van der Waals surface area contributed by atoms with Crippen LogP contribution in [-0.2, 0) is 12.3 Å². The number of methoxy groups -OCH3 is 1. The molecule has 3 aromatic heterocycles. The molecule has 0 unspecified atom stereocenters. The topological polar surface area (TPSA) is 87.2 Å². The van der Waals surface area contributed by atoms with Crippen LogP contribution in [-0.4, -0.2) is 36.7 Å². The van der Waals surface area contributed by atoms with Crippen molar-refractivity contribution in [2.75, 3.05) is 7.11 Å². The van der Waals surface area contributed by atoms with Crippen molar-refractivity contribution in [3.05, 3.63) is 76.3 Å². The first kappa shape index (κ1) is 17.2. The van der Waals surface area contributed by atoms with Gasteiger partial charge in [-0.25, -0.2) is 9.67 Å². The van der Waals surface area contributed by atoms with E-state index in [-0.39, 0.29) is 5.56 Å². The van der Waals surface area contributed by atoms with E-state index in [9.17, 15) is 4.79 Å². The summed E-state index contributed by atoms with van der Waals surface area (Å²) in [4.78, 5) is 16.7. The molecule has 0 aliphatic heterocycles. The molecule has 0 amide bonds. The number of ether oxygens (including phenoxy) is 1. The SMILES string of the molecule is COc1ccc(Cn2nnnc2SCc2cc(=O)n3ccccc3n2)cc1. The van der Waals surface area contributed by atoms with Crippen LogP contribution in [0.1, 0.15) is 11.3 Å². The maximum atomic E-state index is 12.2. The summed E-state index contributed by atoms with van der Waals surface area (Å²) < 4.78 is 8.41. The summed E-state index contributed by atoms with van der Waals surface area (Å²) in [6, 6.07) is 14.8.